The van der Waals surface area contributed by atoms with Crippen LogP contribution >= 0.6 is 11.6 Å². The van der Waals surface area contributed by atoms with Gasteiger partial charge in [-0.3, -0.25) is 4.79 Å². The minimum atomic E-state index is -3.85. The molecule has 0 radical (unpaired) electrons. The lowest BCUT2D eigenvalue weighted by Gasteiger charge is -2.32. The number of hydrogen-bond acceptors (Lipinski definition) is 4. The zero-order valence-electron chi connectivity index (χ0n) is 18.2. The maximum absolute atomic E-state index is 13.3. The molecule has 1 aliphatic heterocycles. The first-order valence-electron chi connectivity index (χ1n) is 10.6. The highest BCUT2D eigenvalue weighted by molar-refractivity contribution is 7.89. The van der Waals surface area contributed by atoms with Crippen molar-refractivity contribution in [3.05, 3.63) is 52.5 Å². The summed E-state index contributed by atoms with van der Waals surface area (Å²) in [7, 11) is -2.43. The van der Waals surface area contributed by atoms with Gasteiger partial charge in [0.2, 0.25) is 15.9 Å². The number of ether oxygens (including phenoxy) is 1. The standard InChI is InChI=1S/C23H29ClN2O4S/c1-4-16-8-6-9-17(5-2)22(16)25-23(27)18-10-7-13-26(15-18)31(28,29)21-14-19(24)11-12-20(21)30-3/h6,8-9,11-12,14,18H,4-5,7,10,13,15H2,1-3H3,(H,25,27)/t18-/m1/s1. The molecule has 1 amide bonds. The number of carbonyl (C=O) groups excluding carboxylic acids is 1. The van der Waals surface area contributed by atoms with E-state index in [-0.39, 0.29) is 23.1 Å². The van der Waals surface area contributed by atoms with Crippen LogP contribution in [0.4, 0.5) is 5.69 Å². The number of anilines is 1. The van der Waals surface area contributed by atoms with Crippen LogP contribution < -0.4 is 10.1 Å². The Morgan fingerprint density at radius 3 is 2.48 bits per heavy atom. The number of nitrogens with one attached hydrogen (secondary N) is 1. The Kier molecular flexibility index (Phi) is 7.62. The van der Waals surface area contributed by atoms with Crippen molar-refractivity contribution in [1.82, 2.24) is 4.31 Å². The molecule has 8 heteroatoms. The predicted molar refractivity (Wildman–Crippen MR) is 123 cm³/mol. The molecule has 1 aliphatic rings. The average Bonchev–Trinajstić information content (AvgIpc) is 2.79. The van der Waals surface area contributed by atoms with E-state index in [9.17, 15) is 13.2 Å². The minimum Gasteiger partial charge on any atom is -0.495 e. The molecule has 0 spiro atoms. The number of aryl methyl sites for hydroxylation is 2. The third-order valence-corrected chi connectivity index (χ3v) is 7.87. The van der Waals surface area contributed by atoms with Gasteiger partial charge in [-0.25, -0.2) is 8.42 Å². The van der Waals surface area contributed by atoms with E-state index < -0.39 is 15.9 Å². The Balaban J connectivity index is 1.83. The molecule has 1 N–H and O–H groups in total. The molecule has 1 heterocycles. The summed E-state index contributed by atoms with van der Waals surface area (Å²) in [4.78, 5) is 13.1. The highest BCUT2D eigenvalue weighted by Crippen LogP contribution is 2.32. The van der Waals surface area contributed by atoms with E-state index in [2.05, 4.69) is 19.2 Å². The van der Waals surface area contributed by atoms with Crippen molar-refractivity contribution in [3.8, 4) is 5.75 Å². The topological polar surface area (TPSA) is 75.7 Å². The largest absolute Gasteiger partial charge is 0.495 e. The molecule has 0 bridgehead atoms. The van der Waals surface area contributed by atoms with Crippen LogP contribution in [0.25, 0.3) is 0 Å². The van der Waals surface area contributed by atoms with Gasteiger partial charge in [0.1, 0.15) is 10.6 Å². The van der Waals surface area contributed by atoms with Gasteiger partial charge in [-0.15, -0.1) is 0 Å². The van der Waals surface area contributed by atoms with Crippen LogP contribution in [0.1, 0.15) is 37.8 Å². The summed E-state index contributed by atoms with van der Waals surface area (Å²) in [6.07, 6.45) is 2.86. The van der Waals surface area contributed by atoms with Gasteiger partial charge in [-0.1, -0.05) is 43.6 Å². The normalized spacial score (nSPS) is 17.4. The Labute approximate surface area is 189 Å². The number of sulfonamides is 1. The summed E-state index contributed by atoms with van der Waals surface area (Å²) in [5.74, 6) is -0.336. The SMILES string of the molecule is CCc1cccc(CC)c1NC(=O)[C@@H]1CCCN(S(=O)(=O)c2cc(Cl)ccc2OC)C1. The summed E-state index contributed by atoms with van der Waals surface area (Å²) in [6, 6.07) is 10.5. The Hall–Kier alpha value is -2.09. The van der Waals surface area contributed by atoms with Crippen LogP contribution in [0.15, 0.2) is 41.3 Å². The van der Waals surface area contributed by atoms with E-state index in [1.165, 1.54) is 23.5 Å². The fraction of sp³-hybridized carbons (Fsp3) is 0.435. The first-order valence-corrected chi connectivity index (χ1v) is 12.4. The number of methoxy groups -OCH3 is 1. The average molecular weight is 465 g/mol. The van der Waals surface area contributed by atoms with E-state index in [0.29, 0.717) is 24.4 Å². The third kappa shape index (κ3) is 5.05. The summed E-state index contributed by atoms with van der Waals surface area (Å²) in [5, 5.41) is 3.40. The number of amides is 1. The molecule has 0 aromatic heterocycles. The molecule has 2 aromatic rings. The quantitative estimate of drug-likeness (QED) is 0.654. The second-order valence-electron chi connectivity index (χ2n) is 7.65. The number of para-hydroxylation sites is 1. The molecular weight excluding hydrogens is 436 g/mol. The molecule has 1 atom stereocenters. The summed E-state index contributed by atoms with van der Waals surface area (Å²) < 4.78 is 33.2. The Bertz CT molecular complexity index is 1030. The lowest BCUT2D eigenvalue weighted by Crippen LogP contribution is -2.43. The minimum absolute atomic E-state index is 0.0214. The molecule has 1 fully saturated rings. The monoisotopic (exact) mass is 464 g/mol. The van der Waals surface area contributed by atoms with Crippen molar-refractivity contribution in [2.24, 2.45) is 5.92 Å². The zero-order valence-corrected chi connectivity index (χ0v) is 19.7. The Morgan fingerprint density at radius 2 is 1.87 bits per heavy atom. The van der Waals surface area contributed by atoms with Crippen molar-refractivity contribution in [2.75, 3.05) is 25.5 Å². The number of halogens is 1. The van der Waals surface area contributed by atoms with E-state index in [4.69, 9.17) is 16.3 Å². The molecular formula is C23H29ClN2O4S. The molecule has 2 aromatic carbocycles. The molecule has 168 valence electrons. The van der Waals surface area contributed by atoms with Crippen molar-refractivity contribution >= 4 is 33.2 Å². The Morgan fingerprint density at radius 1 is 1.19 bits per heavy atom. The predicted octanol–water partition coefficient (Wildman–Crippen LogP) is 4.51. The molecule has 0 saturated carbocycles. The lowest BCUT2D eigenvalue weighted by molar-refractivity contribution is -0.120. The number of rotatable bonds is 7. The number of carbonyl (C=O) groups is 1. The fourth-order valence-electron chi connectivity index (χ4n) is 3.99. The van der Waals surface area contributed by atoms with Crippen LogP contribution in [0.2, 0.25) is 5.02 Å². The molecule has 3 rings (SSSR count). The smallest absolute Gasteiger partial charge is 0.246 e. The second kappa shape index (κ2) is 10.0. The van der Waals surface area contributed by atoms with Crippen molar-refractivity contribution in [3.63, 3.8) is 0 Å². The van der Waals surface area contributed by atoms with Gasteiger partial charge in [0.25, 0.3) is 0 Å². The highest BCUT2D eigenvalue weighted by Gasteiger charge is 2.35. The second-order valence-corrected chi connectivity index (χ2v) is 9.99. The summed E-state index contributed by atoms with van der Waals surface area (Å²) >= 11 is 6.04. The van der Waals surface area contributed by atoms with Gasteiger partial charge in [0.15, 0.2) is 0 Å². The van der Waals surface area contributed by atoms with Crippen LogP contribution in [0, 0.1) is 5.92 Å². The molecule has 1 saturated heterocycles. The van der Waals surface area contributed by atoms with Gasteiger partial charge < -0.3 is 10.1 Å². The number of benzene rings is 2. The van der Waals surface area contributed by atoms with Gasteiger partial charge in [-0.2, -0.15) is 4.31 Å². The highest BCUT2D eigenvalue weighted by atomic mass is 35.5. The van der Waals surface area contributed by atoms with Gasteiger partial charge in [0.05, 0.1) is 13.0 Å². The first kappa shape index (κ1) is 23.6. The van der Waals surface area contributed by atoms with Crippen LogP contribution in [0.3, 0.4) is 0 Å². The number of nitrogens with zero attached hydrogens (tertiary/aromatic N) is 1. The van der Waals surface area contributed by atoms with E-state index in [1.54, 1.807) is 6.07 Å². The van der Waals surface area contributed by atoms with Gasteiger partial charge in [-0.05, 0) is 55.0 Å². The maximum atomic E-state index is 13.3. The van der Waals surface area contributed by atoms with Gasteiger partial charge >= 0.3 is 0 Å². The molecule has 0 unspecified atom stereocenters. The van der Waals surface area contributed by atoms with E-state index in [1.807, 2.05) is 18.2 Å². The summed E-state index contributed by atoms with van der Waals surface area (Å²) in [6.45, 7) is 4.59. The van der Waals surface area contributed by atoms with Crippen LogP contribution in [0.5, 0.6) is 5.75 Å². The van der Waals surface area contributed by atoms with E-state index >= 15 is 0 Å². The van der Waals surface area contributed by atoms with Crippen LogP contribution in [-0.2, 0) is 27.7 Å². The number of hydrogen-bond donors (Lipinski definition) is 1. The van der Waals surface area contributed by atoms with Crippen molar-refractivity contribution < 1.29 is 17.9 Å². The first-order chi connectivity index (χ1) is 14.8. The molecule has 0 aliphatic carbocycles. The van der Waals surface area contributed by atoms with Gasteiger partial charge in [0, 0.05) is 23.8 Å². The molecule has 31 heavy (non-hydrogen) atoms. The third-order valence-electron chi connectivity index (χ3n) is 5.75. The maximum Gasteiger partial charge on any atom is 0.246 e. The number of piperidine rings is 1. The lowest BCUT2D eigenvalue weighted by atomic mass is 9.97. The van der Waals surface area contributed by atoms with Crippen molar-refractivity contribution in [1.29, 1.82) is 0 Å². The summed E-state index contributed by atoms with van der Waals surface area (Å²) in [5.41, 5.74) is 3.02. The van der Waals surface area contributed by atoms with E-state index in [0.717, 1.165) is 29.7 Å². The zero-order chi connectivity index (χ0) is 22.6. The van der Waals surface area contributed by atoms with Crippen molar-refractivity contribution in [2.45, 2.75) is 44.4 Å². The fourth-order valence-corrected chi connectivity index (χ4v) is 5.94. The molecule has 6 nitrogen and oxygen atoms in total. The van der Waals surface area contributed by atoms with Crippen LogP contribution in [-0.4, -0.2) is 38.8 Å².